The molecule has 1 aromatic carbocycles. The summed E-state index contributed by atoms with van der Waals surface area (Å²) in [5, 5.41) is 5.40. The first-order valence-corrected chi connectivity index (χ1v) is 6.42. The average molecular weight is 297 g/mol. The van der Waals surface area contributed by atoms with Gasteiger partial charge in [-0.2, -0.15) is 0 Å². The maximum atomic E-state index is 12.9. The van der Waals surface area contributed by atoms with E-state index in [0.717, 1.165) is 11.8 Å². The first kappa shape index (κ1) is 14.4. The lowest BCUT2D eigenvalue weighted by Gasteiger charge is -2.13. The molecule has 0 unspecified atom stereocenters. The standard InChI is InChI=1S/C14H14ClFN2O2/c1-8-3-6-13(20-8)9(2)17-14(19)18-12-5-4-10(16)7-11(12)15/h3-7,9H,1-2H3,(H2,17,18,19)/t9-/m0/s1. The van der Waals surface area contributed by atoms with E-state index in [1.807, 2.05) is 13.0 Å². The Morgan fingerprint density at radius 1 is 1.35 bits per heavy atom. The number of rotatable bonds is 3. The van der Waals surface area contributed by atoms with Gasteiger partial charge in [0.05, 0.1) is 16.8 Å². The van der Waals surface area contributed by atoms with Crippen LogP contribution in [0.2, 0.25) is 5.02 Å². The quantitative estimate of drug-likeness (QED) is 0.889. The average Bonchev–Trinajstić information content (AvgIpc) is 2.79. The van der Waals surface area contributed by atoms with Crippen molar-refractivity contribution >= 4 is 23.3 Å². The van der Waals surface area contributed by atoms with Crippen LogP contribution >= 0.6 is 11.6 Å². The maximum absolute atomic E-state index is 12.9. The number of halogens is 2. The Hall–Kier alpha value is -2.01. The number of hydrogen-bond donors (Lipinski definition) is 2. The molecule has 1 aromatic heterocycles. The molecule has 2 amide bonds. The monoisotopic (exact) mass is 296 g/mol. The number of carbonyl (C=O) groups is 1. The van der Waals surface area contributed by atoms with Gasteiger partial charge in [-0.15, -0.1) is 0 Å². The fraction of sp³-hybridized carbons (Fsp3) is 0.214. The highest BCUT2D eigenvalue weighted by Gasteiger charge is 2.13. The molecule has 4 nitrogen and oxygen atoms in total. The van der Waals surface area contributed by atoms with E-state index in [2.05, 4.69) is 10.6 Å². The number of urea groups is 1. The van der Waals surface area contributed by atoms with E-state index in [4.69, 9.17) is 16.0 Å². The number of aryl methyl sites for hydroxylation is 1. The minimum Gasteiger partial charge on any atom is -0.464 e. The van der Waals surface area contributed by atoms with E-state index in [1.54, 1.807) is 13.0 Å². The number of amides is 2. The highest BCUT2D eigenvalue weighted by atomic mass is 35.5. The summed E-state index contributed by atoms with van der Waals surface area (Å²) in [4.78, 5) is 11.8. The lowest BCUT2D eigenvalue weighted by Crippen LogP contribution is -2.31. The van der Waals surface area contributed by atoms with Crippen molar-refractivity contribution in [2.24, 2.45) is 0 Å². The van der Waals surface area contributed by atoms with Gasteiger partial charge in [-0.1, -0.05) is 11.6 Å². The molecule has 0 aliphatic carbocycles. The SMILES string of the molecule is Cc1ccc([C@H](C)NC(=O)Nc2ccc(F)cc2Cl)o1. The third-order valence-electron chi connectivity index (χ3n) is 2.71. The summed E-state index contributed by atoms with van der Waals surface area (Å²) in [6.45, 7) is 3.62. The smallest absolute Gasteiger partial charge is 0.319 e. The van der Waals surface area contributed by atoms with Gasteiger partial charge in [0.2, 0.25) is 0 Å². The van der Waals surface area contributed by atoms with Crippen molar-refractivity contribution in [2.75, 3.05) is 5.32 Å². The molecule has 106 valence electrons. The predicted molar refractivity (Wildman–Crippen MR) is 75.4 cm³/mol. The van der Waals surface area contributed by atoms with Crippen LogP contribution in [0.15, 0.2) is 34.7 Å². The van der Waals surface area contributed by atoms with Crippen molar-refractivity contribution in [3.63, 3.8) is 0 Å². The van der Waals surface area contributed by atoms with Crippen molar-refractivity contribution in [3.8, 4) is 0 Å². The number of carbonyl (C=O) groups excluding carboxylic acids is 1. The summed E-state index contributed by atoms with van der Waals surface area (Å²) in [6.07, 6.45) is 0. The van der Waals surface area contributed by atoms with Crippen LogP contribution in [0.4, 0.5) is 14.9 Å². The van der Waals surface area contributed by atoms with Crippen molar-refractivity contribution in [1.29, 1.82) is 0 Å². The molecule has 2 N–H and O–H groups in total. The largest absolute Gasteiger partial charge is 0.464 e. The molecule has 20 heavy (non-hydrogen) atoms. The first-order valence-electron chi connectivity index (χ1n) is 6.04. The Bertz CT molecular complexity index is 627. The molecule has 0 saturated heterocycles. The molecule has 0 aliphatic rings. The first-order chi connectivity index (χ1) is 9.45. The topological polar surface area (TPSA) is 54.3 Å². The molecule has 0 spiro atoms. The van der Waals surface area contributed by atoms with Crippen LogP contribution in [0.25, 0.3) is 0 Å². The van der Waals surface area contributed by atoms with Gasteiger partial charge >= 0.3 is 6.03 Å². The van der Waals surface area contributed by atoms with Gasteiger partial charge in [0.15, 0.2) is 0 Å². The van der Waals surface area contributed by atoms with Crippen molar-refractivity contribution in [2.45, 2.75) is 19.9 Å². The Morgan fingerprint density at radius 3 is 2.70 bits per heavy atom. The number of benzene rings is 1. The van der Waals surface area contributed by atoms with Crippen LogP contribution in [0.5, 0.6) is 0 Å². The predicted octanol–water partition coefficient (Wildman–Crippen LogP) is 4.26. The summed E-state index contributed by atoms with van der Waals surface area (Å²) in [7, 11) is 0. The van der Waals surface area contributed by atoms with E-state index in [0.29, 0.717) is 11.4 Å². The van der Waals surface area contributed by atoms with E-state index < -0.39 is 11.8 Å². The second-order valence-electron chi connectivity index (χ2n) is 4.39. The third-order valence-corrected chi connectivity index (χ3v) is 3.03. The number of anilines is 1. The lowest BCUT2D eigenvalue weighted by molar-refractivity contribution is 0.247. The summed E-state index contributed by atoms with van der Waals surface area (Å²) < 4.78 is 18.3. The fourth-order valence-electron chi connectivity index (χ4n) is 1.70. The minimum absolute atomic E-state index is 0.140. The molecular formula is C14H14ClFN2O2. The van der Waals surface area contributed by atoms with Crippen LogP contribution < -0.4 is 10.6 Å². The van der Waals surface area contributed by atoms with Crippen LogP contribution in [0.3, 0.4) is 0 Å². The second kappa shape index (κ2) is 5.96. The van der Waals surface area contributed by atoms with Gasteiger partial charge in [-0.3, -0.25) is 0 Å². The van der Waals surface area contributed by atoms with E-state index in [-0.39, 0.29) is 11.1 Å². The van der Waals surface area contributed by atoms with E-state index in [1.165, 1.54) is 12.1 Å². The Morgan fingerprint density at radius 2 is 2.10 bits per heavy atom. The van der Waals surface area contributed by atoms with Gasteiger partial charge in [0, 0.05) is 0 Å². The van der Waals surface area contributed by atoms with Crippen LogP contribution in [-0.2, 0) is 0 Å². The molecule has 0 saturated carbocycles. The zero-order chi connectivity index (χ0) is 14.7. The molecule has 0 fully saturated rings. The zero-order valence-corrected chi connectivity index (χ0v) is 11.8. The highest BCUT2D eigenvalue weighted by molar-refractivity contribution is 6.33. The summed E-state index contributed by atoms with van der Waals surface area (Å²) in [5.74, 6) is 0.971. The second-order valence-corrected chi connectivity index (χ2v) is 4.80. The van der Waals surface area contributed by atoms with Crippen molar-refractivity contribution in [1.82, 2.24) is 5.32 Å². The highest BCUT2D eigenvalue weighted by Crippen LogP contribution is 2.22. The number of nitrogens with one attached hydrogen (secondary N) is 2. The molecule has 0 radical (unpaired) electrons. The summed E-state index contributed by atoms with van der Waals surface area (Å²) in [5.41, 5.74) is 0.341. The molecule has 6 heteroatoms. The molecule has 1 atom stereocenters. The van der Waals surface area contributed by atoms with Crippen molar-refractivity contribution in [3.05, 3.63) is 52.7 Å². The van der Waals surface area contributed by atoms with Gasteiger partial charge < -0.3 is 15.1 Å². The number of hydrogen-bond acceptors (Lipinski definition) is 2. The normalized spacial score (nSPS) is 12.0. The third kappa shape index (κ3) is 3.51. The molecule has 0 aliphatic heterocycles. The maximum Gasteiger partial charge on any atom is 0.319 e. The Kier molecular flexibility index (Phi) is 4.29. The molecule has 2 aromatic rings. The molecule has 0 bridgehead atoms. The Balaban J connectivity index is 1.98. The minimum atomic E-state index is -0.458. The van der Waals surface area contributed by atoms with Crippen LogP contribution in [0.1, 0.15) is 24.5 Å². The fourth-order valence-corrected chi connectivity index (χ4v) is 1.92. The lowest BCUT2D eigenvalue weighted by atomic mass is 10.2. The van der Waals surface area contributed by atoms with Gasteiger partial charge in [-0.05, 0) is 44.2 Å². The van der Waals surface area contributed by atoms with E-state index in [9.17, 15) is 9.18 Å². The summed E-state index contributed by atoms with van der Waals surface area (Å²) >= 11 is 5.83. The summed E-state index contributed by atoms with van der Waals surface area (Å²) in [6, 6.07) is 6.65. The molecule has 2 rings (SSSR count). The Labute approximate surface area is 120 Å². The van der Waals surface area contributed by atoms with Crippen LogP contribution in [-0.4, -0.2) is 6.03 Å². The number of furan rings is 1. The molecule has 1 heterocycles. The van der Waals surface area contributed by atoms with Gasteiger partial charge in [0.1, 0.15) is 17.3 Å². The zero-order valence-electron chi connectivity index (χ0n) is 11.0. The molecular weight excluding hydrogens is 283 g/mol. The van der Waals surface area contributed by atoms with Crippen molar-refractivity contribution < 1.29 is 13.6 Å². The van der Waals surface area contributed by atoms with Crippen LogP contribution in [0, 0.1) is 12.7 Å². The van der Waals surface area contributed by atoms with Gasteiger partial charge in [0.25, 0.3) is 0 Å². The van der Waals surface area contributed by atoms with Gasteiger partial charge in [-0.25, -0.2) is 9.18 Å². The van der Waals surface area contributed by atoms with E-state index >= 15 is 0 Å².